The van der Waals surface area contributed by atoms with Gasteiger partial charge in [-0.2, -0.15) is 0 Å². The molecule has 0 radical (unpaired) electrons. The van der Waals surface area contributed by atoms with E-state index in [1.165, 1.54) is 6.42 Å². The maximum atomic E-state index is 12.4. The van der Waals surface area contributed by atoms with Crippen LogP contribution in [0.4, 0.5) is 0 Å². The van der Waals surface area contributed by atoms with E-state index in [2.05, 4.69) is 0 Å². The second-order valence-corrected chi connectivity index (χ2v) is 4.74. The highest BCUT2D eigenvalue weighted by molar-refractivity contribution is 5.94. The van der Waals surface area contributed by atoms with E-state index in [4.69, 9.17) is 5.73 Å². The molecule has 0 atom stereocenters. The van der Waals surface area contributed by atoms with Crippen LogP contribution in [0.2, 0.25) is 0 Å². The molecule has 1 amide bonds. The van der Waals surface area contributed by atoms with E-state index in [0.717, 1.165) is 24.0 Å². The Morgan fingerprint density at radius 1 is 1.47 bits per heavy atom. The van der Waals surface area contributed by atoms with Gasteiger partial charge in [0.15, 0.2) is 0 Å². The number of carbonyl (C=O) groups is 1. The summed E-state index contributed by atoms with van der Waals surface area (Å²) in [4.78, 5) is 14.3. The van der Waals surface area contributed by atoms with Gasteiger partial charge in [-0.25, -0.2) is 0 Å². The summed E-state index contributed by atoms with van der Waals surface area (Å²) in [7, 11) is 0. The summed E-state index contributed by atoms with van der Waals surface area (Å²) in [5.41, 5.74) is 7.50. The first-order chi connectivity index (χ1) is 8.22. The van der Waals surface area contributed by atoms with Crippen LogP contribution in [0.25, 0.3) is 0 Å². The summed E-state index contributed by atoms with van der Waals surface area (Å²) in [6, 6.07) is 8.19. The number of carbonyl (C=O) groups excluding carboxylic acids is 1. The maximum Gasteiger partial charge on any atom is 0.254 e. The quantitative estimate of drug-likeness (QED) is 0.862. The molecule has 1 aromatic rings. The average molecular weight is 232 g/mol. The molecule has 1 fully saturated rings. The van der Waals surface area contributed by atoms with Gasteiger partial charge in [-0.05, 0) is 38.3 Å². The maximum absolute atomic E-state index is 12.4. The summed E-state index contributed by atoms with van der Waals surface area (Å²) in [6.07, 6.45) is 3.47. The zero-order valence-electron chi connectivity index (χ0n) is 10.4. The van der Waals surface area contributed by atoms with Crippen molar-refractivity contribution < 1.29 is 4.79 Å². The highest BCUT2D eigenvalue weighted by Gasteiger charge is 2.28. The van der Waals surface area contributed by atoms with Crippen LogP contribution in [-0.2, 0) is 0 Å². The first-order valence-electron chi connectivity index (χ1n) is 6.30. The van der Waals surface area contributed by atoms with Gasteiger partial charge in [-0.3, -0.25) is 4.79 Å². The standard InChI is InChI=1S/C14H20N2O/c1-11-4-2-5-12(10-11)14(17)16(9-8-15)13-6-3-7-13/h2,4-5,10,13H,3,6-9,15H2,1H3. The monoisotopic (exact) mass is 232 g/mol. The average Bonchev–Trinajstić information content (AvgIpc) is 2.25. The zero-order chi connectivity index (χ0) is 12.3. The van der Waals surface area contributed by atoms with Crippen molar-refractivity contribution in [3.8, 4) is 0 Å². The SMILES string of the molecule is Cc1cccc(C(=O)N(CCN)C2CCC2)c1. The van der Waals surface area contributed by atoms with Crippen molar-refractivity contribution in [1.82, 2.24) is 4.90 Å². The third-order valence-corrected chi connectivity index (χ3v) is 3.41. The van der Waals surface area contributed by atoms with Crippen molar-refractivity contribution >= 4 is 5.91 Å². The normalized spacial score (nSPS) is 15.4. The minimum absolute atomic E-state index is 0.129. The van der Waals surface area contributed by atoms with E-state index in [9.17, 15) is 4.79 Å². The molecule has 1 aromatic carbocycles. The smallest absolute Gasteiger partial charge is 0.254 e. The Hall–Kier alpha value is -1.35. The molecule has 17 heavy (non-hydrogen) atoms. The van der Waals surface area contributed by atoms with E-state index >= 15 is 0 Å². The molecule has 0 spiro atoms. The topological polar surface area (TPSA) is 46.3 Å². The molecule has 0 bridgehead atoms. The largest absolute Gasteiger partial charge is 0.334 e. The molecule has 0 unspecified atom stereocenters. The van der Waals surface area contributed by atoms with Crippen molar-refractivity contribution in [3.63, 3.8) is 0 Å². The van der Waals surface area contributed by atoms with E-state index in [1.807, 2.05) is 36.1 Å². The summed E-state index contributed by atoms with van der Waals surface area (Å²) < 4.78 is 0. The lowest BCUT2D eigenvalue weighted by molar-refractivity contribution is 0.0588. The van der Waals surface area contributed by atoms with Crippen LogP contribution in [0, 0.1) is 6.92 Å². The highest BCUT2D eigenvalue weighted by Crippen LogP contribution is 2.26. The fourth-order valence-corrected chi connectivity index (χ4v) is 2.23. The fourth-order valence-electron chi connectivity index (χ4n) is 2.23. The van der Waals surface area contributed by atoms with E-state index in [1.54, 1.807) is 0 Å². The first kappa shape index (κ1) is 12.1. The van der Waals surface area contributed by atoms with Crippen LogP contribution in [-0.4, -0.2) is 29.9 Å². The van der Waals surface area contributed by atoms with Gasteiger partial charge >= 0.3 is 0 Å². The minimum atomic E-state index is 0.129. The molecular weight excluding hydrogens is 212 g/mol. The molecular formula is C14H20N2O. The number of benzene rings is 1. The molecule has 3 heteroatoms. The van der Waals surface area contributed by atoms with Gasteiger partial charge in [0.25, 0.3) is 5.91 Å². The van der Waals surface area contributed by atoms with E-state index in [-0.39, 0.29) is 5.91 Å². The predicted octanol–water partition coefficient (Wildman–Crippen LogP) is 1.95. The fraction of sp³-hybridized carbons (Fsp3) is 0.500. The Balaban J connectivity index is 2.15. The van der Waals surface area contributed by atoms with Gasteiger partial charge in [-0.15, -0.1) is 0 Å². The first-order valence-corrected chi connectivity index (χ1v) is 6.30. The molecule has 92 valence electrons. The molecule has 0 aromatic heterocycles. The van der Waals surface area contributed by atoms with Crippen molar-refractivity contribution in [2.75, 3.05) is 13.1 Å². The number of rotatable bonds is 4. The summed E-state index contributed by atoms with van der Waals surface area (Å²) in [5.74, 6) is 0.129. The van der Waals surface area contributed by atoms with Gasteiger partial charge in [0.1, 0.15) is 0 Å². The van der Waals surface area contributed by atoms with Gasteiger partial charge in [0.05, 0.1) is 0 Å². The summed E-state index contributed by atoms with van der Waals surface area (Å²) in [5, 5.41) is 0. The van der Waals surface area contributed by atoms with Crippen molar-refractivity contribution in [2.45, 2.75) is 32.2 Å². The van der Waals surface area contributed by atoms with Crippen LogP contribution in [0.15, 0.2) is 24.3 Å². The second-order valence-electron chi connectivity index (χ2n) is 4.74. The Bertz CT molecular complexity index is 399. The summed E-state index contributed by atoms with van der Waals surface area (Å²) in [6.45, 7) is 3.21. The number of nitrogens with zero attached hydrogens (tertiary/aromatic N) is 1. The number of amides is 1. The van der Waals surface area contributed by atoms with Crippen LogP contribution in [0.3, 0.4) is 0 Å². The summed E-state index contributed by atoms with van der Waals surface area (Å²) >= 11 is 0. The molecule has 1 saturated carbocycles. The lowest BCUT2D eigenvalue weighted by Crippen LogP contribution is -2.46. The van der Waals surface area contributed by atoms with Gasteiger partial charge in [0, 0.05) is 24.7 Å². The Kier molecular flexibility index (Phi) is 3.79. The van der Waals surface area contributed by atoms with Crippen molar-refractivity contribution in [1.29, 1.82) is 0 Å². The number of hydrogen-bond donors (Lipinski definition) is 1. The van der Waals surface area contributed by atoms with Gasteiger partial charge in [-0.1, -0.05) is 17.7 Å². The Labute approximate surface area is 103 Å². The van der Waals surface area contributed by atoms with Crippen LogP contribution in [0.1, 0.15) is 35.2 Å². The van der Waals surface area contributed by atoms with Crippen LogP contribution < -0.4 is 5.73 Å². The van der Waals surface area contributed by atoms with Gasteiger partial charge < -0.3 is 10.6 Å². The molecule has 2 rings (SSSR count). The third-order valence-electron chi connectivity index (χ3n) is 3.41. The Morgan fingerprint density at radius 3 is 2.76 bits per heavy atom. The van der Waals surface area contributed by atoms with Crippen molar-refractivity contribution in [3.05, 3.63) is 35.4 Å². The molecule has 1 aliphatic rings. The molecule has 1 aliphatic carbocycles. The third kappa shape index (κ3) is 2.67. The number of aryl methyl sites for hydroxylation is 1. The predicted molar refractivity (Wildman–Crippen MR) is 68.9 cm³/mol. The molecule has 0 aliphatic heterocycles. The zero-order valence-corrected chi connectivity index (χ0v) is 10.4. The minimum Gasteiger partial charge on any atom is -0.334 e. The lowest BCUT2D eigenvalue weighted by atomic mass is 9.91. The van der Waals surface area contributed by atoms with Crippen LogP contribution in [0.5, 0.6) is 0 Å². The second kappa shape index (κ2) is 5.32. The van der Waals surface area contributed by atoms with E-state index in [0.29, 0.717) is 19.1 Å². The van der Waals surface area contributed by atoms with E-state index < -0.39 is 0 Å². The number of nitrogens with two attached hydrogens (primary N) is 1. The molecule has 2 N–H and O–H groups in total. The Morgan fingerprint density at radius 2 is 2.24 bits per heavy atom. The molecule has 3 nitrogen and oxygen atoms in total. The highest BCUT2D eigenvalue weighted by atomic mass is 16.2. The van der Waals surface area contributed by atoms with Gasteiger partial charge in [0.2, 0.25) is 0 Å². The lowest BCUT2D eigenvalue weighted by Gasteiger charge is -2.37. The number of hydrogen-bond acceptors (Lipinski definition) is 2. The van der Waals surface area contributed by atoms with Crippen molar-refractivity contribution in [2.24, 2.45) is 5.73 Å². The molecule has 0 saturated heterocycles. The molecule has 0 heterocycles. The van der Waals surface area contributed by atoms with Crippen LogP contribution >= 0.6 is 0 Å².